The van der Waals surface area contributed by atoms with Gasteiger partial charge in [-0.1, -0.05) is 0 Å². The number of nitrogens with zero attached hydrogens (tertiary/aromatic N) is 1. The van der Waals surface area contributed by atoms with Crippen molar-refractivity contribution < 1.29 is 9.18 Å². The zero-order valence-corrected chi connectivity index (χ0v) is 7.31. The molecule has 1 heterocycles. The van der Waals surface area contributed by atoms with Gasteiger partial charge in [-0.3, -0.25) is 4.79 Å². The lowest BCUT2D eigenvalue weighted by atomic mass is 10.1. The largest absolute Gasteiger partial charge is 0.294 e. The molecule has 0 unspecified atom stereocenters. The molecule has 0 fully saturated rings. The number of carbonyl (C=O) groups is 1. The van der Waals surface area contributed by atoms with Gasteiger partial charge < -0.3 is 0 Å². The number of ketones is 1. The normalized spacial score (nSPS) is 10.0. The van der Waals surface area contributed by atoms with Gasteiger partial charge in [-0.05, 0) is 32.4 Å². The first-order valence-electron chi connectivity index (χ1n) is 3.67. The van der Waals surface area contributed by atoms with E-state index < -0.39 is 5.95 Å². The number of Topliss-reactive ketones (excluding diaryl/α,β-unsaturated/α-hetero) is 1. The zero-order valence-electron chi connectivity index (χ0n) is 7.31. The molecule has 1 aromatic heterocycles. The van der Waals surface area contributed by atoms with Crippen LogP contribution in [0.25, 0.3) is 0 Å². The van der Waals surface area contributed by atoms with E-state index in [0.29, 0.717) is 16.8 Å². The van der Waals surface area contributed by atoms with Crippen LogP contribution in [0.3, 0.4) is 0 Å². The Hall–Kier alpha value is -1.25. The Morgan fingerprint density at radius 1 is 1.50 bits per heavy atom. The first-order chi connectivity index (χ1) is 5.52. The summed E-state index contributed by atoms with van der Waals surface area (Å²) in [4.78, 5) is 14.6. The molecule has 0 radical (unpaired) electrons. The fourth-order valence-electron chi connectivity index (χ4n) is 1.32. The van der Waals surface area contributed by atoms with Crippen LogP contribution in [0.2, 0.25) is 0 Å². The summed E-state index contributed by atoms with van der Waals surface area (Å²) in [5, 5.41) is 0. The molecule has 3 heteroatoms. The average Bonchev–Trinajstić information content (AvgIpc) is 1.82. The summed E-state index contributed by atoms with van der Waals surface area (Å²) in [5.74, 6) is -0.604. The third kappa shape index (κ3) is 1.49. The molecule has 0 aliphatic rings. The van der Waals surface area contributed by atoms with Crippen molar-refractivity contribution in [2.75, 3.05) is 0 Å². The molecule has 2 nitrogen and oxygen atoms in total. The van der Waals surface area contributed by atoms with E-state index in [1.54, 1.807) is 13.8 Å². The Balaban J connectivity index is 3.38. The van der Waals surface area contributed by atoms with Crippen LogP contribution in [0.5, 0.6) is 0 Å². The average molecular weight is 167 g/mol. The van der Waals surface area contributed by atoms with E-state index in [4.69, 9.17) is 0 Å². The third-order valence-corrected chi connectivity index (χ3v) is 1.72. The van der Waals surface area contributed by atoms with Gasteiger partial charge in [0.05, 0.1) is 5.69 Å². The topological polar surface area (TPSA) is 30.0 Å². The summed E-state index contributed by atoms with van der Waals surface area (Å²) in [6, 6.07) is 1.27. The van der Waals surface area contributed by atoms with Crippen LogP contribution in [0.15, 0.2) is 6.07 Å². The SMILES string of the molecule is CC(=O)c1c(C)cc(F)nc1C. The van der Waals surface area contributed by atoms with E-state index in [1.807, 2.05) is 0 Å². The predicted octanol–water partition coefficient (Wildman–Crippen LogP) is 2.04. The van der Waals surface area contributed by atoms with E-state index in [0.717, 1.165) is 0 Å². The van der Waals surface area contributed by atoms with Gasteiger partial charge >= 0.3 is 0 Å². The van der Waals surface area contributed by atoms with E-state index in [1.165, 1.54) is 13.0 Å². The quantitative estimate of drug-likeness (QED) is 0.473. The lowest BCUT2D eigenvalue weighted by Crippen LogP contribution is -2.03. The van der Waals surface area contributed by atoms with Crippen LogP contribution >= 0.6 is 0 Å². The molecular weight excluding hydrogens is 157 g/mol. The Morgan fingerprint density at radius 3 is 2.50 bits per heavy atom. The van der Waals surface area contributed by atoms with Gasteiger partial charge in [0.25, 0.3) is 0 Å². The minimum absolute atomic E-state index is 0.0718. The van der Waals surface area contributed by atoms with Crippen LogP contribution in [0.4, 0.5) is 4.39 Å². The summed E-state index contributed by atoms with van der Waals surface area (Å²) in [6.07, 6.45) is 0. The number of aromatic nitrogens is 1. The lowest BCUT2D eigenvalue weighted by molar-refractivity contribution is 0.101. The molecule has 0 atom stereocenters. The highest BCUT2D eigenvalue weighted by atomic mass is 19.1. The van der Waals surface area contributed by atoms with Crippen molar-refractivity contribution in [3.8, 4) is 0 Å². The van der Waals surface area contributed by atoms with Crippen LogP contribution in [-0.2, 0) is 0 Å². The Labute approximate surface area is 70.4 Å². The van der Waals surface area contributed by atoms with Gasteiger partial charge in [0.2, 0.25) is 5.95 Å². The predicted molar refractivity (Wildman–Crippen MR) is 43.7 cm³/mol. The van der Waals surface area contributed by atoms with Crippen LogP contribution < -0.4 is 0 Å². The number of aryl methyl sites for hydroxylation is 2. The fourth-order valence-corrected chi connectivity index (χ4v) is 1.32. The zero-order chi connectivity index (χ0) is 9.30. The highest BCUT2D eigenvalue weighted by Crippen LogP contribution is 2.12. The molecular formula is C9H10FNO. The summed E-state index contributed by atoms with van der Waals surface area (Å²) in [5.41, 5.74) is 1.63. The van der Waals surface area contributed by atoms with Gasteiger partial charge in [-0.15, -0.1) is 0 Å². The number of pyridine rings is 1. The molecule has 0 aromatic carbocycles. The molecule has 12 heavy (non-hydrogen) atoms. The number of hydrogen-bond donors (Lipinski definition) is 0. The second-order valence-electron chi connectivity index (χ2n) is 2.78. The second-order valence-corrected chi connectivity index (χ2v) is 2.78. The molecule has 1 rings (SSSR count). The van der Waals surface area contributed by atoms with Crippen molar-refractivity contribution in [1.82, 2.24) is 4.98 Å². The maximum atomic E-state index is 12.6. The Morgan fingerprint density at radius 2 is 2.08 bits per heavy atom. The molecule has 64 valence electrons. The molecule has 0 N–H and O–H groups in total. The summed E-state index contributed by atoms with van der Waals surface area (Å²) >= 11 is 0. The van der Waals surface area contributed by atoms with Gasteiger partial charge in [-0.25, -0.2) is 4.98 Å². The highest BCUT2D eigenvalue weighted by Gasteiger charge is 2.09. The number of halogens is 1. The fraction of sp³-hybridized carbons (Fsp3) is 0.333. The monoisotopic (exact) mass is 167 g/mol. The molecule has 0 saturated carbocycles. The molecule has 0 spiro atoms. The Bertz CT molecular complexity index is 310. The van der Waals surface area contributed by atoms with E-state index in [-0.39, 0.29) is 5.78 Å². The molecule has 0 bridgehead atoms. The van der Waals surface area contributed by atoms with Crippen LogP contribution in [0.1, 0.15) is 28.5 Å². The summed E-state index contributed by atoms with van der Waals surface area (Å²) < 4.78 is 12.6. The van der Waals surface area contributed by atoms with Crippen molar-refractivity contribution in [3.63, 3.8) is 0 Å². The molecule has 0 aliphatic heterocycles. The molecule has 1 aromatic rings. The number of carbonyl (C=O) groups excluding carboxylic acids is 1. The summed E-state index contributed by atoms with van der Waals surface area (Å²) in [6.45, 7) is 4.79. The molecule has 0 amide bonds. The summed E-state index contributed by atoms with van der Waals surface area (Å²) in [7, 11) is 0. The third-order valence-electron chi connectivity index (χ3n) is 1.72. The van der Waals surface area contributed by atoms with E-state index in [2.05, 4.69) is 4.98 Å². The first-order valence-corrected chi connectivity index (χ1v) is 3.67. The van der Waals surface area contributed by atoms with Gasteiger partial charge in [0, 0.05) is 5.56 Å². The second kappa shape index (κ2) is 3.01. The Kier molecular flexibility index (Phi) is 2.22. The van der Waals surface area contributed by atoms with Gasteiger partial charge in [-0.2, -0.15) is 4.39 Å². The molecule has 0 aliphatic carbocycles. The standard InChI is InChI=1S/C9H10FNO/c1-5-4-8(10)11-6(2)9(5)7(3)12/h4H,1-3H3. The minimum atomic E-state index is -0.532. The number of rotatable bonds is 1. The maximum absolute atomic E-state index is 12.6. The number of hydrogen-bond acceptors (Lipinski definition) is 2. The van der Waals surface area contributed by atoms with Crippen molar-refractivity contribution in [2.24, 2.45) is 0 Å². The van der Waals surface area contributed by atoms with Crippen LogP contribution in [-0.4, -0.2) is 10.8 Å². The van der Waals surface area contributed by atoms with E-state index in [9.17, 15) is 9.18 Å². The smallest absolute Gasteiger partial charge is 0.213 e. The van der Waals surface area contributed by atoms with Gasteiger partial charge in [0.15, 0.2) is 5.78 Å². The van der Waals surface area contributed by atoms with Crippen molar-refractivity contribution in [3.05, 3.63) is 28.8 Å². The van der Waals surface area contributed by atoms with Crippen molar-refractivity contribution in [1.29, 1.82) is 0 Å². The van der Waals surface area contributed by atoms with Gasteiger partial charge in [0.1, 0.15) is 0 Å². The van der Waals surface area contributed by atoms with Crippen molar-refractivity contribution in [2.45, 2.75) is 20.8 Å². The minimum Gasteiger partial charge on any atom is -0.294 e. The lowest BCUT2D eigenvalue weighted by Gasteiger charge is -2.04. The van der Waals surface area contributed by atoms with Crippen molar-refractivity contribution >= 4 is 5.78 Å². The maximum Gasteiger partial charge on any atom is 0.213 e. The van der Waals surface area contributed by atoms with E-state index >= 15 is 0 Å². The first kappa shape index (κ1) is 8.84. The molecule has 0 saturated heterocycles. The van der Waals surface area contributed by atoms with Crippen LogP contribution in [0, 0.1) is 19.8 Å². The highest BCUT2D eigenvalue weighted by molar-refractivity contribution is 5.96.